The number of amides is 1. The second kappa shape index (κ2) is 10.9. The second-order valence-corrected chi connectivity index (χ2v) is 14.9. The van der Waals surface area contributed by atoms with Crippen LogP contribution in [0.4, 0.5) is 0 Å². The van der Waals surface area contributed by atoms with Crippen LogP contribution in [0.3, 0.4) is 0 Å². The summed E-state index contributed by atoms with van der Waals surface area (Å²) in [6.07, 6.45) is 2.66. The number of carbonyl (C=O) groups is 1. The van der Waals surface area contributed by atoms with Gasteiger partial charge in [0.05, 0.1) is 16.6 Å². The zero-order chi connectivity index (χ0) is 33.5. The number of nitrogens with zero attached hydrogens (tertiary/aromatic N) is 3. The van der Waals surface area contributed by atoms with Crippen molar-refractivity contribution < 1.29 is 29.0 Å². The highest BCUT2D eigenvalue weighted by Crippen LogP contribution is 2.66. The van der Waals surface area contributed by atoms with Gasteiger partial charge in [0.1, 0.15) is 17.9 Å². The van der Waals surface area contributed by atoms with Crippen LogP contribution in [-0.2, 0) is 28.8 Å². The molecule has 4 aromatic rings. The standard InChI is InChI=1S/C39H40N4O6/c1-37(2,36-40-34(42-49-36)25-11-7-4-8-12-25)41-35(45)27-20-39(46)29-19-26-15-16-28(47-22-24-9-5-3-6-10-24)32-30(26)38(39,33(48-32)31(27)44)17-18-43(29)21-23-13-14-23/h3-12,15-16,23,29,33,44,46H,13-14,17-22H2,1-2H3,(H,41,45)/t29-,33+,38+,39-/m1/s1. The monoisotopic (exact) mass is 660 g/mol. The topological polar surface area (TPSA) is 130 Å². The summed E-state index contributed by atoms with van der Waals surface area (Å²) < 4.78 is 18.7. The van der Waals surface area contributed by atoms with Gasteiger partial charge in [0.15, 0.2) is 17.6 Å². The summed E-state index contributed by atoms with van der Waals surface area (Å²) in [5.41, 5.74) is 0.581. The van der Waals surface area contributed by atoms with E-state index < -0.39 is 28.6 Å². The van der Waals surface area contributed by atoms with Gasteiger partial charge in [-0.05, 0) is 69.2 Å². The Labute approximate surface area is 284 Å². The van der Waals surface area contributed by atoms with Crippen molar-refractivity contribution in [2.75, 3.05) is 13.1 Å². The lowest BCUT2D eigenvalue weighted by Gasteiger charge is -2.62. The minimum Gasteiger partial charge on any atom is -0.508 e. The maximum Gasteiger partial charge on any atom is 0.252 e. The van der Waals surface area contributed by atoms with Crippen LogP contribution in [0.2, 0.25) is 0 Å². The van der Waals surface area contributed by atoms with E-state index in [9.17, 15) is 15.0 Å². The van der Waals surface area contributed by atoms with Gasteiger partial charge in [-0.25, -0.2) is 0 Å². The van der Waals surface area contributed by atoms with Crippen molar-refractivity contribution in [3.63, 3.8) is 0 Å². The van der Waals surface area contributed by atoms with Gasteiger partial charge in [0, 0.05) is 30.1 Å². The predicted molar refractivity (Wildman–Crippen MR) is 180 cm³/mol. The van der Waals surface area contributed by atoms with E-state index in [0.29, 0.717) is 42.7 Å². The largest absolute Gasteiger partial charge is 0.508 e. The van der Waals surface area contributed by atoms with Crippen molar-refractivity contribution in [2.45, 2.75) is 81.3 Å². The van der Waals surface area contributed by atoms with Crippen molar-refractivity contribution in [1.29, 1.82) is 0 Å². The number of aliphatic hydroxyl groups excluding tert-OH is 1. The smallest absolute Gasteiger partial charge is 0.252 e. The third kappa shape index (κ3) is 4.64. The highest BCUT2D eigenvalue weighted by atomic mass is 16.5. The molecule has 5 aliphatic rings. The fourth-order valence-electron chi connectivity index (χ4n) is 8.80. The molecule has 3 aliphatic carbocycles. The molecule has 2 fully saturated rings. The van der Waals surface area contributed by atoms with Gasteiger partial charge in [-0.3, -0.25) is 9.69 Å². The van der Waals surface area contributed by atoms with Gasteiger partial charge in [-0.2, -0.15) is 4.98 Å². The number of likely N-dealkylation sites (tertiary alicyclic amines) is 1. The molecular formula is C39H40N4O6. The van der Waals surface area contributed by atoms with E-state index in [0.717, 1.165) is 35.3 Å². The van der Waals surface area contributed by atoms with Crippen LogP contribution in [-0.4, -0.2) is 62.0 Å². The van der Waals surface area contributed by atoms with Gasteiger partial charge in [0.25, 0.3) is 11.8 Å². The van der Waals surface area contributed by atoms with E-state index in [2.05, 4.69) is 26.4 Å². The Morgan fingerprint density at radius 3 is 2.59 bits per heavy atom. The average molecular weight is 661 g/mol. The Morgan fingerprint density at radius 1 is 1.08 bits per heavy atom. The van der Waals surface area contributed by atoms with Crippen molar-refractivity contribution in [2.24, 2.45) is 5.92 Å². The number of carbonyl (C=O) groups excluding carboxylic acids is 1. The molecule has 0 radical (unpaired) electrons. The molecule has 1 spiro atoms. The second-order valence-electron chi connectivity index (χ2n) is 14.9. The third-order valence-corrected chi connectivity index (χ3v) is 11.4. The normalized spacial score (nSPS) is 27.0. The first kappa shape index (κ1) is 30.4. The van der Waals surface area contributed by atoms with Crippen LogP contribution in [0, 0.1) is 5.92 Å². The van der Waals surface area contributed by atoms with Gasteiger partial charge in [-0.1, -0.05) is 71.9 Å². The molecular weight excluding hydrogens is 620 g/mol. The highest BCUT2D eigenvalue weighted by Gasteiger charge is 2.73. The van der Waals surface area contributed by atoms with E-state index in [1.807, 2.05) is 66.7 Å². The van der Waals surface area contributed by atoms with Crippen LogP contribution in [0.5, 0.6) is 11.5 Å². The summed E-state index contributed by atoms with van der Waals surface area (Å²) in [6, 6.07) is 23.2. The van der Waals surface area contributed by atoms with Crippen molar-refractivity contribution >= 4 is 5.91 Å². The summed E-state index contributed by atoms with van der Waals surface area (Å²) in [5.74, 6) is 1.73. The lowest BCUT2D eigenvalue weighted by Crippen LogP contribution is -2.76. The van der Waals surface area contributed by atoms with Crippen molar-refractivity contribution in [3.8, 4) is 22.9 Å². The van der Waals surface area contributed by atoms with Crippen LogP contribution < -0.4 is 14.8 Å². The van der Waals surface area contributed by atoms with E-state index in [-0.39, 0.29) is 29.7 Å². The molecule has 10 heteroatoms. The van der Waals surface area contributed by atoms with Crippen molar-refractivity contribution in [1.82, 2.24) is 20.4 Å². The summed E-state index contributed by atoms with van der Waals surface area (Å²) >= 11 is 0. The number of aliphatic hydroxyl groups is 2. The molecule has 3 N–H and O–H groups in total. The average Bonchev–Trinajstić information content (AvgIpc) is 3.62. The molecule has 1 amide bonds. The number of hydrogen-bond donors (Lipinski definition) is 3. The summed E-state index contributed by atoms with van der Waals surface area (Å²) in [6.45, 7) is 5.60. The highest BCUT2D eigenvalue weighted by molar-refractivity contribution is 5.95. The van der Waals surface area contributed by atoms with Crippen LogP contribution >= 0.6 is 0 Å². The molecule has 1 aromatic heterocycles. The molecule has 3 heterocycles. The Balaban J connectivity index is 1.08. The third-order valence-electron chi connectivity index (χ3n) is 11.4. The van der Waals surface area contributed by atoms with Crippen LogP contribution in [0.15, 0.2) is 88.7 Å². The quantitative estimate of drug-likeness (QED) is 0.218. The minimum absolute atomic E-state index is 0.0144. The van der Waals surface area contributed by atoms with Gasteiger partial charge >= 0.3 is 0 Å². The lowest BCUT2D eigenvalue weighted by atomic mass is 9.49. The molecule has 2 bridgehead atoms. The van der Waals surface area contributed by atoms with Crippen molar-refractivity contribution in [3.05, 3.63) is 107 Å². The summed E-state index contributed by atoms with van der Waals surface area (Å²) in [5, 5.41) is 32.4. The Kier molecular flexibility index (Phi) is 6.77. The number of rotatable bonds is 9. The van der Waals surface area contributed by atoms with Crippen LogP contribution in [0.1, 0.15) is 62.1 Å². The molecule has 1 saturated carbocycles. The fraction of sp³-hybridized carbons (Fsp3) is 0.410. The molecule has 3 aromatic carbocycles. The Morgan fingerprint density at radius 2 is 1.84 bits per heavy atom. The van der Waals surface area contributed by atoms with Crippen LogP contribution in [0.25, 0.3) is 11.4 Å². The molecule has 49 heavy (non-hydrogen) atoms. The number of piperidine rings is 1. The first-order valence-electron chi connectivity index (χ1n) is 17.3. The van der Waals surface area contributed by atoms with Gasteiger partial charge < -0.3 is 29.5 Å². The number of nitrogens with one attached hydrogen (secondary N) is 1. The fourth-order valence-corrected chi connectivity index (χ4v) is 8.80. The predicted octanol–water partition coefficient (Wildman–Crippen LogP) is 5.35. The molecule has 2 aliphatic heterocycles. The Bertz CT molecular complexity index is 1970. The zero-order valence-electron chi connectivity index (χ0n) is 27.7. The molecule has 9 rings (SSSR count). The minimum atomic E-state index is -1.37. The summed E-state index contributed by atoms with van der Waals surface area (Å²) in [7, 11) is 0. The maximum atomic E-state index is 14.2. The van der Waals surface area contributed by atoms with Gasteiger partial charge in [0.2, 0.25) is 5.82 Å². The van der Waals surface area contributed by atoms with E-state index in [1.165, 1.54) is 12.8 Å². The van der Waals surface area contributed by atoms with E-state index in [1.54, 1.807) is 13.8 Å². The Hall–Kier alpha value is -4.67. The van der Waals surface area contributed by atoms with E-state index in [4.69, 9.17) is 14.0 Å². The molecule has 10 nitrogen and oxygen atoms in total. The SMILES string of the molecule is CC(C)(NC(=O)C1=C(O)[C@@H]2Oc3c(OCc4ccccc4)ccc4c3[C@@]23CCN(CC2CC2)[C@H](C4)[C@]3(O)C1)c1nc(-c2ccccc2)no1. The number of benzene rings is 3. The van der Waals surface area contributed by atoms with Gasteiger partial charge in [-0.15, -0.1) is 0 Å². The number of ether oxygens (including phenoxy) is 2. The first-order chi connectivity index (χ1) is 23.7. The number of hydrogen-bond acceptors (Lipinski definition) is 9. The lowest BCUT2D eigenvalue weighted by molar-refractivity contribution is -0.172. The van der Waals surface area contributed by atoms with E-state index >= 15 is 0 Å². The first-order valence-corrected chi connectivity index (χ1v) is 17.3. The molecule has 4 atom stereocenters. The molecule has 1 saturated heterocycles. The number of aromatic nitrogens is 2. The summed E-state index contributed by atoms with van der Waals surface area (Å²) in [4.78, 5) is 21.2. The molecule has 0 unspecified atom stereocenters. The zero-order valence-corrected chi connectivity index (χ0v) is 27.7. The maximum absolute atomic E-state index is 14.2. The molecule has 252 valence electrons.